The molecule has 1 heterocycles. The molecule has 132 valence electrons. The van der Waals surface area contributed by atoms with E-state index in [1.54, 1.807) is 0 Å². The van der Waals surface area contributed by atoms with Crippen molar-refractivity contribution in [3.63, 3.8) is 0 Å². The van der Waals surface area contributed by atoms with Crippen molar-refractivity contribution in [3.05, 3.63) is 0 Å². The lowest BCUT2D eigenvalue weighted by Crippen LogP contribution is -2.60. The van der Waals surface area contributed by atoms with Gasteiger partial charge in [-0.3, -0.25) is 4.90 Å². The molecular weight excluding hydrogens is 329 g/mol. The maximum absolute atomic E-state index is 12.4. The molecule has 0 aromatic heterocycles. The van der Waals surface area contributed by atoms with Gasteiger partial charge in [0.15, 0.2) is 0 Å². The van der Waals surface area contributed by atoms with Gasteiger partial charge in [-0.05, 0) is 20.8 Å². The van der Waals surface area contributed by atoms with Crippen LogP contribution < -0.4 is 0 Å². The van der Waals surface area contributed by atoms with Crippen LogP contribution in [0.15, 0.2) is 0 Å². The molecule has 1 saturated heterocycles. The molecule has 1 aliphatic rings. The van der Waals surface area contributed by atoms with Gasteiger partial charge >= 0.3 is 18.4 Å². The Hall–Kier alpha value is -1.13. The topological polar surface area (TPSA) is 32.8 Å². The number of piperazine rings is 1. The van der Waals surface area contributed by atoms with Crippen LogP contribution in [0.2, 0.25) is 0 Å². The van der Waals surface area contributed by atoms with E-state index < -0.39 is 30.5 Å². The molecular formula is C12H17BF6N2O2. The van der Waals surface area contributed by atoms with Crippen molar-refractivity contribution in [3.8, 4) is 0 Å². The first-order chi connectivity index (χ1) is 10.1. The third-order valence-electron chi connectivity index (χ3n) is 3.42. The molecule has 1 aliphatic heterocycles. The van der Waals surface area contributed by atoms with Crippen LogP contribution in [0.1, 0.15) is 20.8 Å². The lowest BCUT2D eigenvalue weighted by molar-refractivity contribution is -0.308. The highest BCUT2D eigenvalue weighted by Gasteiger charge is 2.60. The zero-order valence-corrected chi connectivity index (χ0v) is 12.8. The average Bonchev–Trinajstić information content (AvgIpc) is 2.31. The lowest BCUT2D eigenvalue weighted by Gasteiger charge is -2.45. The summed E-state index contributed by atoms with van der Waals surface area (Å²) in [6.07, 6.45) is -17.4. The molecule has 2 radical (unpaired) electrons. The zero-order chi connectivity index (χ0) is 18.2. The largest absolute Gasteiger partial charge is 0.434 e. The van der Waals surface area contributed by atoms with Crippen LogP contribution in [0, 0.1) is 0 Å². The normalized spacial score (nSPS) is 21.7. The summed E-state index contributed by atoms with van der Waals surface area (Å²) < 4.78 is 78.1. The SMILES string of the molecule is [B]C1CN(C(C)(C)C)CCN1C(=O)OC(C(F)(F)F)C(F)(F)F. The number of alkyl halides is 6. The van der Waals surface area contributed by atoms with Crippen LogP contribution in [-0.4, -0.2) is 73.3 Å². The first-order valence-corrected chi connectivity index (χ1v) is 6.75. The molecule has 0 spiro atoms. The minimum atomic E-state index is -5.74. The molecule has 1 atom stereocenters. The van der Waals surface area contributed by atoms with E-state index in [0.717, 1.165) is 0 Å². The highest BCUT2D eigenvalue weighted by atomic mass is 19.4. The van der Waals surface area contributed by atoms with Crippen molar-refractivity contribution >= 4 is 13.9 Å². The lowest BCUT2D eigenvalue weighted by atomic mass is 9.90. The van der Waals surface area contributed by atoms with E-state index in [0.29, 0.717) is 4.90 Å². The molecule has 0 aromatic rings. The fourth-order valence-corrected chi connectivity index (χ4v) is 2.13. The minimum absolute atomic E-state index is 0.112. The van der Waals surface area contributed by atoms with E-state index in [1.165, 1.54) is 0 Å². The van der Waals surface area contributed by atoms with Crippen LogP contribution in [0.4, 0.5) is 31.1 Å². The van der Waals surface area contributed by atoms with Crippen molar-refractivity contribution in [2.45, 2.75) is 50.7 Å². The van der Waals surface area contributed by atoms with Crippen molar-refractivity contribution in [1.29, 1.82) is 0 Å². The first-order valence-electron chi connectivity index (χ1n) is 6.75. The van der Waals surface area contributed by atoms with Gasteiger partial charge in [0.2, 0.25) is 0 Å². The van der Waals surface area contributed by atoms with Crippen LogP contribution in [0.25, 0.3) is 0 Å². The van der Waals surface area contributed by atoms with Gasteiger partial charge in [0.1, 0.15) is 7.85 Å². The summed E-state index contributed by atoms with van der Waals surface area (Å²) in [5.41, 5.74) is -0.298. The molecule has 0 N–H and O–H groups in total. The molecule has 4 nitrogen and oxygen atoms in total. The van der Waals surface area contributed by atoms with Crippen molar-refractivity contribution in [1.82, 2.24) is 9.80 Å². The summed E-state index contributed by atoms with van der Waals surface area (Å²) in [5, 5.41) is 0. The van der Waals surface area contributed by atoms with Crippen molar-refractivity contribution in [2.75, 3.05) is 19.6 Å². The van der Waals surface area contributed by atoms with E-state index in [1.807, 2.05) is 25.7 Å². The van der Waals surface area contributed by atoms with E-state index in [4.69, 9.17) is 7.85 Å². The van der Waals surface area contributed by atoms with E-state index in [2.05, 4.69) is 4.74 Å². The average molecular weight is 346 g/mol. The van der Waals surface area contributed by atoms with Gasteiger partial charge in [-0.1, -0.05) is 0 Å². The third kappa shape index (κ3) is 5.18. The van der Waals surface area contributed by atoms with Crippen LogP contribution in [0.3, 0.4) is 0 Å². The van der Waals surface area contributed by atoms with Crippen LogP contribution in [0.5, 0.6) is 0 Å². The Balaban J connectivity index is 2.79. The summed E-state index contributed by atoms with van der Waals surface area (Å²) in [6.45, 7) is 5.86. The summed E-state index contributed by atoms with van der Waals surface area (Å²) in [7, 11) is 5.68. The monoisotopic (exact) mass is 346 g/mol. The third-order valence-corrected chi connectivity index (χ3v) is 3.42. The van der Waals surface area contributed by atoms with Crippen molar-refractivity contribution in [2.24, 2.45) is 0 Å². The zero-order valence-electron chi connectivity index (χ0n) is 12.8. The van der Waals surface area contributed by atoms with Crippen LogP contribution >= 0.6 is 0 Å². The standard InChI is InChI=1S/C12H17BF6N2O2/c1-10(2,3)20-4-5-21(7(13)6-20)9(22)23-8(11(14,15)16)12(17,18)19/h7-8H,4-6H2,1-3H3. The summed E-state index contributed by atoms with van der Waals surface area (Å²) >= 11 is 0. The second-order valence-corrected chi connectivity index (χ2v) is 6.22. The van der Waals surface area contributed by atoms with E-state index in [9.17, 15) is 31.1 Å². The number of hydrogen-bond donors (Lipinski definition) is 0. The molecule has 1 rings (SSSR count). The summed E-state index contributed by atoms with van der Waals surface area (Å²) in [6, 6.07) is 0. The Morgan fingerprint density at radius 1 is 1.09 bits per heavy atom. The number of ether oxygens (including phenoxy) is 1. The molecule has 1 fully saturated rings. The van der Waals surface area contributed by atoms with Gasteiger partial charge in [0.05, 0.1) is 0 Å². The number of rotatable bonds is 1. The molecule has 0 aliphatic carbocycles. The van der Waals surface area contributed by atoms with Gasteiger partial charge in [-0.2, -0.15) is 26.3 Å². The Morgan fingerprint density at radius 3 is 1.91 bits per heavy atom. The number of carbonyl (C=O) groups is 1. The summed E-state index contributed by atoms with van der Waals surface area (Å²) in [4.78, 5) is 14.2. The fraction of sp³-hybridized carbons (Fsp3) is 0.917. The molecule has 1 unspecified atom stereocenters. The van der Waals surface area contributed by atoms with Crippen molar-refractivity contribution < 1.29 is 35.9 Å². The molecule has 0 bridgehead atoms. The van der Waals surface area contributed by atoms with E-state index >= 15 is 0 Å². The van der Waals surface area contributed by atoms with Crippen LogP contribution in [-0.2, 0) is 4.74 Å². The minimum Gasteiger partial charge on any atom is -0.426 e. The molecule has 11 heteroatoms. The highest BCUT2D eigenvalue weighted by Crippen LogP contribution is 2.36. The van der Waals surface area contributed by atoms with Gasteiger partial charge in [-0.25, -0.2) is 4.79 Å². The number of halogens is 6. The van der Waals surface area contributed by atoms with Gasteiger partial charge in [0, 0.05) is 31.1 Å². The fourth-order valence-electron chi connectivity index (χ4n) is 2.13. The number of nitrogens with zero attached hydrogens (tertiary/aromatic N) is 2. The predicted molar refractivity (Wildman–Crippen MR) is 70.0 cm³/mol. The highest BCUT2D eigenvalue weighted by molar-refractivity contribution is 6.13. The second-order valence-electron chi connectivity index (χ2n) is 6.22. The molecule has 0 saturated carbocycles. The van der Waals surface area contributed by atoms with E-state index in [-0.39, 0.29) is 25.2 Å². The Bertz CT molecular complexity index is 421. The number of amides is 1. The molecule has 23 heavy (non-hydrogen) atoms. The molecule has 0 aromatic carbocycles. The predicted octanol–water partition coefficient (Wildman–Crippen LogP) is 2.53. The van der Waals surface area contributed by atoms with Gasteiger partial charge < -0.3 is 9.64 Å². The maximum atomic E-state index is 12.4. The number of carbonyl (C=O) groups excluding carboxylic acids is 1. The maximum Gasteiger partial charge on any atom is 0.434 e. The first kappa shape index (κ1) is 19.9. The Kier molecular flexibility index (Phi) is 5.55. The Morgan fingerprint density at radius 2 is 1.57 bits per heavy atom. The quantitative estimate of drug-likeness (QED) is 0.540. The second kappa shape index (κ2) is 6.41. The Labute approximate surface area is 131 Å². The number of hydrogen-bond acceptors (Lipinski definition) is 3. The molecule has 1 amide bonds. The smallest absolute Gasteiger partial charge is 0.426 e. The van der Waals surface area contributed by atoms with Gasteiger partial charge in [0.25, 0.3) is 6.10 Å². The van der Waals surface area contributed by atoms with Gasteiger partial charge in [-0.15, -0.1) is 0 Å². The summed E-state index contributed by atoms with van der Waals surface area (Å²) in [5.74, 6) is -1.06.